The predicted octanol–water partition coefficient (Wildman–Crippen LogP) is 1.48. The van der Waals surface area contributed by atoms with Crippen molar-refractivity contribution in [2.45, 2.75) is 32.1 Å². The van der Waals surface area contributed by atoms with Gasteiger partial charge in [-0.2, -0.15) is 0 Å². The van der Waals surface area contributed by atoms with E-state index in [9.17, 15) is 0 Å². The number of nitrogens with one attached hydrogen (secondary N) is 1. The fourth-order valence-corrected chi connectivity index (χ4v) is 1.86. The maximum Gasteiger partial charge on any atom is 0.0107 e. The Balaban J connectivity index is 1.96. The molecule has 1 aliphatic rings. The highest BCUT2D eigenvalue weighted by molar-refractivity contribution is 4.82. The van der Waals surface area contributed by atoms with Gasteiger partial charge < -0.3 is 10.2 Å². The highest BCUT2D eigenvalue weighted by atomic mass is 15.1. The summed E-state index contributed by atoms with van der Waals surface area (Å²) in [6, 6.07) is 0. The van der Waals surface area contributed by atoms with Crippen LogP contribution < -0.4 is 5.32 Å². The molecule has 0 spiro atoms. The van der Waals surface area contributed by atoms with Gasteiger partial charge in [0.15, 0.2) is 0 Å². The molecule has 14 heavy (non-hydrogen) atoms. The summed E-state index contributed by atoms with van der Waals surface area (Å²) in [5, 5.41) is 3.42. The molecular formula is C12H22N2. The van der Waals surface area contributed by atoms with E-state index in [-0.39, 0.29) is 0 Å². The van der Waals surface area contributed by atoms with Gasteiger partial charge >= 0.3 is 0 Å². The summed E-state index contributed by atoms with van der Waals surface area (Å²) in [7, 11) is 0. The van der Waals surface area contributed by atoms with E-state index in [1.165, 1.54) is 51.9 Å². The van der Waals surface area contributed by atoms with Crippen molar-refractivity contribution in [1.29, 1.82) is 0 Å². The molecule has 1 N–H and O–H groups in total. The number of unbranched alkanes of at least 4 members (excludes halogenated alkanes) is 3. The maximum atomic E-state index is 5.21. The van der Waals surface area contributed by atoms with Crippen molar-refractivity contribution in [3.05, 3.63) is 0 Å². The van der Waals surface area contributed by atoms with E-state index in [1.54, 1.807) is 0 Å². The van der Waals surface area contributed by atoms with Gasteiger partial charge in [-0.15, -0.1) is 12.3 Å². The Morgan fingerprint density at radius 2 is 2.07 bits per heavy atom. The zero-order chi connectivity index (χ0) is 10.1. The van der Waals surface area contributed by atoms with E-state index in [1.807, 2.05) is 0 Å². The second-order valence-corrected chi connectivity index (χ2v) is 3.96. The molecule has 0 amide bonds. The number of hydrogen-bond acceptors (Lipinski definition) is 2. The number of nitrogens with zero attached hydrogens (tertiary/aromatic N) is 1. The third-order valence-electron chi connectivity index (χ3n) is 2.73. The molecule has 1 aliphatic heterocycles. The van der Waals surface area contributed by atoms with Crippen LogP contribution >= 0.6 is 0 Å². The van der Waals surface area contributed by atoms with Gasteiger partial charge in [0, 0.05) is 19.5 Å². The molecule has 0 unspecified atom stereocenters. The zero-order valence-electron chi connectivity index (χ0n) is 9.10. The predicted molar refractivity (Wildman–Crippen MR) is 61.2 cm³/mol. The Labute approximate surface area is 88.1 Å². The summed E-state index contributed by atoms with van der Waals surface area (Å²) in [5.74, 6) is 2.69. The van der Waals surface area contributed by atoms with E-state index in [2.05, 4.69) is 16.1 Å². The van der Waals surface area contributed by atoms with Gasteiger partial charge in [-0.25, -0.2) is 0 Å². The fraction of sp³-hybridized carbons (Fsp3) is 0.833. The lowest BCUT2D eigenvalue weighted by Crippen LogP contribution is -2.29. The monoisotopic (exact) mass is 194 g/mol. The lowest BCUT2D eigenvalue weighted by molar-refractivity contribution is 0.285. The molecule has 0 aromatic heterocycles. The first kappa shape index (κ1) is 11.6. The first-order valence-electron chi connectivity index (χ1n) is 5.80. The molecule has 80 valence electrons. The van der Waals surface area contributed by atoms with Gasteiger partial charge in [0.05, 0.1) is 0 Å². The Kier molecular flexibility index (Phi) is 6.47. The molecule has 0 radical (unpaired) electrons. The van der Waals surface area contributed by atoms with Gasteiger partial charge in [0.1, 0.15) is 0 Å². The Morgan fingerprint density at radius 1 is 1.14 bits per heavy atom. The standard InChI is InChI=1S/C12H22N2/c1-2-3-4-5-6-10-14-11-7-8-13-9-12-14/h1,13H,3-12H2. The van der Waals surface area contributed by atoms with Crippen LogP contribution in [-0.2, 0) is 0 Å². The van der Waals surface area contributed by atoms with E-state index < -0.39 is 0 Å². The molecule has 0 atom stereocenters. The fourth-order valence-electron chi connectivity index (χ4n) is 1.86. The zero-order valence-corrected chi connectivity index (χ0v) is 9.10. The van der Waals surface area contributed by atoms with E-state index in [0.29, 0.717) is 0 Å². The average Bonchev–Trinajstić information content (AvgIpc) is 2.46. The second-order valence-electron chi connectivity index (χ2n) is 3.96. The van der Waals surface area contributed by atoms with Crippen LogP contribution in [0.2, 0.25) is 0 Å². The molecule has 1 fully saturated rings. The van der Waals surface area contributed by atoms with Crippen molar-refractivity contribution in [3.8, 4) is 12.3 Å². The van der Waals surface area contributed by atoms with Crippen LogP contribution in [0.15, 0.2) is 0 Å². The molecule has 1 heterocycles. The first-order valence-corrected chi connectivity index (χ1v) is 5.80. The molecule has 1 rings (SSSR count). The van der Waals surface area contributed by atoms with Crippen LogP contribution in [0, 0.1) is 12.3 Å². The van der Waals surface area contributed by atoms with E-state index >= 15 is 0 Å². The van der Waals surface area contributed by atoms with Gasteiger partial charge in [-0.1, -0.05) is 6.42 Å². The Morgan fingerprint density at radius 3 is 2.93 bits per heavy atom. The lowest BCUT2D eigenvalue weighted by Gasteiger charge is -2.18. The van der Waals surface area contributed by atoms with E-state index in [0.717, 1.165) is 13.0 Å². The van der Waals surface area contributed by atoms with Gasteiger partial charge in [0.25, 0.3) is 0 Å². The van der Waals surface area contributed by atoms with Gasteiger partial charge in [0.2, 0.25) is 0 Å². The first-order chi connectivity index (χ1) is 6.93. The molecule has 0 aromatic rings. The minimum Gasteiger partial charge on any atom is -0.315 e. The van der Waals surface area contributed by atoms with Crippen molar-refractivity contribution in [2.24, 2.45) is 0 Å². The summed E-state index contributed by atoms with van der Waals surface area (Å²) in [5.41, 5.74) is 0. The molecule has 1 saturated heterocycles. The van der Waals surface area contributed by atoms with Crippen molar-refractivity contribution < 1.29 is 0 Å². The number of hydrogen-bond donors (Lipinski definition) is 1. The molecule has 2 heteroatoms. The number of rotatable bonds is 5. The Hall–Kier alpha value is -0.520. The smallest absolute Gasteiger partial charge is 0.0107 e. The van der Waals surface area contributed by atoms with Crippen molar-refractivity contribution in [3.63, 3.8) is 0 Å². The maximum absolute atomic E-state index is 5.21. The summed E-state index contributed by atoms with van der Waals surface area (Å²) < 4.78 is 0. The molecule has 2 nitrogen and oxygen atoms in total. The number of terminal acetylenes is 1. The second kappa shape index (κ2) is 7.84. The molecule has 0 bridgehead atoms. The minimum atomic E-state index is 0.946. The summed E-state index contributed by atoms with van der Waals surface area (Å²) in [6.45, 7) is 6.08. The van der Waals surface area contributed by atoms with Crippen LogP contribution in [-0.4, -0.2) is 37.6 Å². The molecular weight excluding hydrogens is 172 g/mol. The van der Waals surface area contributed by atoms with Gasteiger partial charge in [-0.05, 0) is 38.9 Å². The summed E-state index contributed by atoms with van der Waals surface area (Å²) in [4.78, 5) is 2.57. The van der Waals surface area contributed by atoms with Crippen LogP contribution in [0.3, 0.4) is 0 Å². The van der Waals surface area contributed by atoms with Gasteiger partial charge in [-0.3, -0.25) is 0 Å². The summed E-state index contributed by atoms with van der Waals surface area (Å²) >= 11 is 0. The largest absolute Gasteiger partial charge is 0.315 e. The lowest BCUT2D eigenvalue weighted by atomic mass is 10.2. The third-order valence-corrected chi connectivity index (χ3v) is 2.73. The topological polar surface area (TPSA) is 15.3 Å². The molecule has 0 aliphatic carbocycles. The summed E-state index contributed by atoms with van der Waals surface area (Å²) in [6.07, 6.45) is 11.2. The highest BCUT2D eigenvalue weighted by Crippen LogP contribution is 2.02. The van der Waals surface area contributed by atoms with Crippen molar-refractivity contribution in [1.82, 2.24) is 10.2 Å². The van der Waals surface area contributed by atoms with Crippen LogP contribution in [0.1, 0.15) is 32.1 Å². The van der Waals surface area contributed by atoms with Crippen molar-refractivity contribution >= 4 is 0 Å². The van der Waals surface area contributed by atoms with Crippen molar-refractivity contribution in [2.75, 3.05) is 32.7 Å². The Bertz CT molecular complexity index is 164. The van der Waals surface area contributed by atoms with Crippen LogP contribution in [0.25, 0.3) is 0 Å². The normalized spacial score (nSPS) is 18.8. The molecule has 0 aromatic carbocycles. The quantitative estimate of drug-likeness (QED) is 0.527. The van der Waals surface area contributed by atoms with E-state index in [4.69, 9.17) is 6.42 Å². The van der Waals surface area contributed by atoms with Crippen LogP contribution in [0.5, 0.6) is 0 Å². The highest BCUT2D eigenvalue weighted by Gasteiger charge is 2.06. The SMILES string of the molecule is C#CCCCCCN1CCCNCC1. The average molecular weight is 194 g/mol. The van der Waals surface area contributed by atoms with Crippen LogP contribution in [0.4, 0.5) is 0 Å². The minimum absolute atomic E-state index is 0.946. The molecule has 0 saturated carbocycles. The third kappa shape index (κ3) is 5.26.